The van der Waals surface area contributed by atoms with Crippen molar-refractivity contribution in [2.75, 3.05) is 38.2 Å². The van der Waals surface area contributed by atoms with Crippen LogP contribution in [0, 0.1) is 17.2 Å². The molecular weight excluding hydrogens is 468 g/mol. The van der Waals surface area contributed by atoms with Crippen LogP contribution in [0.15, 0.2) is 34.3 Å². The molecule has 2 aliphatic rings. The Labute approximate surface area is 197 Å². The quantitative estimate of drug-likeness (QED) is 0.648. The predicted octanol–water partition coefficient (Wildman–Crippen LogP) is 2.03. The molecular formula is C21H25ClN6O4S. The molecule has 12 heteroatoms. The van der Waals surface area contributed by atoms with Gasteiger partial charge in [0.25, 0.3) is 5.56 Å². The normalized spacial score (nSPS) is 20.3. The van der Waals surface area contributed by atoms with Gasteiger partial charge in [-0.1, -0.05) is 11.6 Å². The van der Waals surface area contributed by atoms with Gasteiger partial charge in [0.15, 0.2) is 0 Å². The Balaban J connectivity index is 1.41. The van der Waals surface area contributed by atoms with Crippen molar-refractivity contribution in [1.82, 2.24) is 19.1 Å². The number of pyridine rings is 1. The molecule has 33 heavy (non-hydrogen) atoms. The Hall–Kier alpha value is -2.52. The third-order valence-corrected chi connectivity index (χ3v) is 8.26. The molecule has 2 fully saturated rings. The third-order valence-electron chi connectivity index (χ3n) is 6.03. The topological polar surface area (TPSA) is 130 Å². The van der Waals surface area contributed by atoms with Gasteiger partial charge in [0, 0.05) is 38.6 Å². The fourth-order valence-corrected chi connectivity index (χ4v) is 5.81. The molecule has 0 unspecified atom stereocenters. The van der Waals surface area contributed by atoms with Gasteiger partial charge in [0.2, 0.25) is 10.0 Å². The summed E-state index contributed by atoms with van der Waals surface area (Å²) >= 11 is 6.34. The van der Waals surface area contributed by atoms with Crippen molar-refractivity contribution < 1.29 is 13.2 Å². The van der Waals surface area contributed by atoms with Gasteiger partial charge < -0.3 is 10.1 Å². The molecule has 0 aromatic carbocycles. The molecule has 4 heterocycles. The Morgan fingerprint density at radius 1 is 1.24 bits per heavy atom. The minimum atomic E-state index is -3.78. The highest BCUT2D eigenvalue weighted by Gasteiger charge is 2.31. The predicted molar refractivity (Wildman–Crippen MR) is 122 cm³/mol. The van der Waals surface area contributed by atoms with Crippen molar-refractivity contribution in [1.29, 1.82) is 5.26 Å². The molecule has 0 aliphatic carbocycles. The number of piperidine rings is 1. The standard InChI is InChI=1S/C21H25ClN6O4S/c22-20-19(25-11-15-2-1-7-32-14-15)13-26-28(21(20)29)17-3-5-27(6-4-17)33(30,31)18-8-16(9-23)10-24-12-18/h8,10,12-13,15,17,25H,1-7,11,14H2/t15-/m1/s1. The lowest BCUT2D eigenvalue weighted by atomic mass is 10.0. The highest BCUT2D eigenvalue weighted by Crippen LogP contribution is 2.27. The van der Waals surface area contributed by atoms with Gasteiger partial charge in [0.1, 0.15) is 16.0 Å². The summed E-state index contributed by atoms with van der Waals surface area (Å²) in [6, 6.07) is 2.95. The largest absolute Gasteiger partial charge is 0.382 e. The van der Waals surface area contributed by atoms with Gasteiger partial charge in [-0.2, -0.15) is 14.7 Å². The van der Waals surface area contributed by atoms with E-state index in [1.54, 1.807) is 6.20 Å². The number of nitrogens with zero attached hydrogens (tertiary/aromatic N) is 5. The number of nitriles is 1. The average molecular weight is 493 g/mol. The van der Waals surface area contributed by atoms with Crippen LogP contribution < -0.4 is 10.9 Å². The fraction of sp³-hybridized carbons (Fsp3) is 0.524. The first-order chi connectivity index (χ1) is 15.9. The zero-order chi connectivity index (χ0) is 23.4. The summed E-state index contributed by atoms with van der Waals surface area (Å²) in [5.74, 6) is 0.368. The molecule has 1 N–H and O–H groups in total. The van der Waals surface area contributed by atoms with E-state index in [0.29, 0.717) is 37.6 Å². The Kier molecular flexibility index (Phi) is 7.29. The van der Waals surface area contributed by atoms with Crippen LogP contribution in [0.2, 0.25) is 5.02 Å². The van der Waals surface area contributed by atoms with Crippen LogP contribution in [-0.4, -0.2) is 60.3 Å². The number of hydrogen-bond donors (Lipinski definition) is 1. The number of aromatic nitrogens is 3. The van der Waals surface area contributed by atoms with Crippen LogP contribution in [0.3, 0.4) is 0 Å². The van der Waals surface area contributed by atoms with E-state index < -0.39 is 15.6 Å². The SMILES string of the molecule is N#Cc1cncc(S(=O)(=O)N2CCC(n3ncc(NC[C@H]4CCCOC4)c(Cl)c3=O)CC2)c1. The summed E-state index contributed by atoms with van der Waals surface area (Å²) in [5, 5.41) is 16.6. The van der Waals surface area contributed by atoms with Gasteiger partial charge >= 0.3 is 0 Å². The lowest BCUT2D eigenvalue weighted by Gasteiger charge is -2.31. The lowest BCUT2D eigenvalue weighted by Crippen LogP contribution is -2.41. The molecule has 0 saturated carbocycles. The molecule has 0 spiro atoms. The third kappa shape index (κ3) is 5.19. The number of nitrogens with one attached hydrogen (secondary N) is 1. The van der Waals surface area contributed by atoms with Crippen molar-refractivity contribution in [2.45, 2.75) is 36.6 Å². The van der Waals surface area contributed by atoms with E-state index >= 15 is 0 Å². The van der Waals surface area contributed by atoms with E-state index in [1.807, 2.05) is 6.07 Å². The van der Waals surface area contributed by atoms with Gasteiger partial charge in [-0.15, -0.1) is 0 Å². The lowest BCUT2D eigenvalue weighted by molar-refractivity contribution is 0.0595. The van der Waals surface area contributed by atoms with E-state index in [2.05, 4.69) is 15.4 Å². The summed E-state index contributed by atoms with van der Waals surface area (Å²) in [6.07, 6.45) is 7.02. The van der Waals surface area contributed by atoms with Crippen LogP contribution in [0.4, 0.5) is 5.69 Å². The van der Waals surface area contributed by atoms with Crippen molar-refractivity contribution in [3.05, 3.63) is 45.6 Å². The number of halogens is 1. The van der Waals surface area contributed by atoms with Crippen LogP contribution in [0.5, 0.6) is 0 Å². The maximum Gasteiger partial charge on any atom is 0.287 e. The molecule has 2 aromatic rings. The van der Waals surface area contributed by atoms with Crippen LogP contribution in [0.25, 0.3) is 0 Å². The van der Waals surface area contributed by atoms with E-state index in [-0.39, 0.29) is 34.6 Å². The van der Waals surface area contributed by atoms with E-state index in [4.69, 9.17) is 21.6 Å². The maximum absolute atomic E-state index is 12.9. The molecule has 4 rings (SSSR count). The second-order valence-corrected chi connectivity index (χ2v) is 10.6. The van der Waals surface area contributed by atoms with Gasteiger partial charge in [0.05, 0.1) is 30.1 Å². The van der Waals surface area contributed by atoms with Crippen LogP contribution in [0.1, 0.15) is 37.3 Å². The van der Waals surface area contributed by atoms with Crippen molar-refractivity contribution in [3.63, 3.8) is 0 Å². The van der Waals surface area contributed by atoms with Crippen molar-refractivity contribution >= 4 is 27.3 Å². The Morgan fingerprint density at radius 2 is 2.03 bits per heavy atom. The van der Waals surface area contributed by atoms with Crippen LogP contribution >= 0.6 is 11.6 Å². The first kappa shape index (κ1) is 23.6. The maximum atomic E-state index is 12.9. The van der Waals surface area contributed by atoms with E-state index in [1.165, 1.54) is 27.4 Å². The number of ether oxygens (including phenoxy) is 1. The zero-order valence-corrected chi connectivity index (χ0v) is 19.6. The monoisotopic (exact) mass is 492 g/mol. The number of rotatable bonds is 6. The smallest absolute Gasteiger partial charge is 0.287 e. The second-order valence-electron chi connectivity index (χ2n) is 8.24. The molecule has 1 atom stereocenters. The van der Waals surface area contributed by atoms with Gasteiger partial charge in [-0.05, 0) is 37.7 Å². The van der Waals surface area contributed by atoms with E-state index in [9.17, 15) is 13.2 Å². The molecule has 2 aliphatic heterocycles. The summed E-state index contributed by atoms with van der Waals surface area (Å²) in [7, 11) is -3.78. The molecule has 2 aromatic heterocycles. The first-order valence-electron chi connectivity index (χ1n) is 10.8. The summed E-state index contributed by atoms with van der Waals surface area (Å²) in [5.41, 5.74) is 0.281. The highest BCUT2D eigenvalue weighted by molar-refractivity contribution is 7.89. The van der Waals surface area contributed by atoms with Gasteiger partial charge in [-0.25, -0.2) is 13.1 Å². The summed E-state index contributed by atoms with van der Waals surface area (Å²) in [4.78, 5) is 16.7. The second kappa shape index (κ2) is 10.2. The number of anilines is 1. The number of hydrogen-bond acceptors (Lipinski definition) is 8. The molecule has 2 saturated heterocycles. The minimum Gasteiger partial charge on any atom is -0.382 e. The minimum absolute atomic E-state index is 0.0165. The Bertz CT molecular complexity index is 1200. The van der Waals surface area contributed by atoms with Crippen molar-refractivity contribution in [2.24, 2.45) is 5.92 Å². The zero-order valence-electron chi connectivity index (χ0n) is 18.0. The molecule has 0 bridgehead atoms. The number of sulfonamides is 1. The molecule has 0 radical (unpaired) electrons. The highest BCUT2D eigenvalue weighted by atomic mass is 35.5. The molecule has 176 valence electrons. The average Bonchev–Trinajstić information content (AvgIpc) is 2.86. The molecule has 0 amide bonds. The fourth-order valence-electron chi connectivity index (χ4n) is 4.15. The summed E-state index contributed by atoms with van der Waals surface area (Å²) in [6.45, 7) is 2.57. The molecule has 10 nitrogen and oxygen atoms in total. The Morgan fingerprint density at radius 3 is 2.73 bits per heavy atom. The van der Waals surface area contributed by atoms with Gasteiger partial charge in [-0.3, -0.25) is 9.78 Å². The van der Waals surface area contributed by atoms with E-state index in [0.717, 1.165) is 19.4 Å². The summed E-state index contributed by atoms with van der Waals surface area (Å²) < 4.78 is 34.0. The van der Waals surface area contributed by atoms with Crippen molar-refractivity contribution in [3.8, 4) is 6.07 Å². The van der Waals surface area contributed by atoms with Crippen LogP contribution in [-0.2, 0) is 14.8 Å². The first-order valence-corrected chi connectivity index (χ1v) is 12.7.